The first-order chi connectivity index (χ1) is 7.88. The Kier molecular flexibility index (Phi) is 2.21. The van der Waals surface area contributed by atoms with Gasteiger partial charge in [0.05, 0.1) is 19.1 Å². The molecule has 2 aliphatic rings. The number of fused-ring (bicyclic) bond motifs is 3. The fourth-order valence-corrected chi connectivity index (χ4v) is 2.60. The molecule has 2 heterocycles. The van der Waals surface area contributed by atoms with Crippen LogP contribution in [-0.2, 0) is 12.8 Å². The van der Waals surface area contributed by atoms with Crippen molar-refractivity contribution in [1.29, 1.82) is 5.26 Å². The predicted molar refractivity (Wildman–Crippen MR) is 61.6 cm³/mol. The van der Waals surface area contributed by atoms with Gasteiger partial charge in [-0.2, -0.15) is 5.26 Å². The molecule has 1 N–H and O–H groups in total. The third kappa shape index (κ3) is 1.42. The van der Waals surface area contributed by atoms with E-state index in [1.54, 1.807) is 0 Å². The van der Waals surface area contributed by atoms with Crippen LogP contribution in [0, 0.1) is 11.3 Å². The second-order valence-corrected chi connectivity index (χ2v) is 4.44. The number of ether oxygens (including phenoxy) is 1. The molecule has 82 valence electrons. The molecule has 0 amide bonds. The van der Waals surface area contributed by atoms with Crippen LogP contribution in [0.5, 0.6) is 5.75 Å². The highest BCUT2D eigenvalue weighted by Crippen LogP contribution is 2.38. The molecule has 1 atom stereocenters. The number of nitrogens with one attached hydrogen (secondary N) is 1. The second-order valence-electron chi connectivity index (χ2n) is 4.44. The van der Waals surface area contributed by atoms with Crippen LogP contribution in [0.15, 0.2) is 12.1 Å². The van der Waals surface area contributed by atoms with Crippen LogP contribution in [0.2, 0.25) is 0 Å². The number of rotatable bonds is 1. The molecule has 0 bridgehead atoms. The van der Waals surface area contributed by atoms with E-state index in [1.165, 1.54) is 16.8 Å². The van der Waals surface area contributed by atoms with Crippen LogP contribution in [0.25, 0.3) is 0 Å². The number of anilines is 1. The van der Waals surface area contributed by atoms with Gasteiger partial charge in [0, 0.05) is 17.3 Å². The number of nitrogens with zero attached hydrogens (tertiary/aromatic N) is 1. The third-order valence-electron chi connectivity index (χ3n) is 3.34. The van der Waals surface area contributed by atoms with Gasteiger partial charge < -0.3 is 10.1 Å². The van der Waals surface area contributed by atoms with Gasteiger partial charge in [-0.25, -0.2) is 0 Å². The lowest BCUT2D eigenvalue weighted by Crippen LogP contribution is -2.15. The Labute approximate surface area is 95.0 Å². The molecule has 3 rings (SSSR count). The quantitative estimate of drug-likeness (QED) is 0.780. The fourth-order valence-electron chi connectivity index (χ4n) is 2.60. The molecule has 0 aliphatic carbocycles. The lowest BCUT2D eigenvalue weighted by molar-refractivity contribution is 0.289. The molecular weight excluding hydrogens is 200 g/mol. The normalized spacial score (nSPS) is 21.3. The van der Waals surface area contributed by atoms with Crippen molar-refractivity contribution in [1.82, 2.24) is 0 Å². The van der Waals surface area contributed by atoms with Gasteiger partial charge in [0.2, 0.25) is 0 Å². The monoisotopic (exact) mass is 214 g/mol. The minimum Gasteiger partial charge on any atom is -0.493 e. The molecule has 0 spiro atoms. The Bertz CT molecular complexity index is 462. The lowest BCUT2D eigenvalue weighted by atomic mass is 10.00. The Balaban J connectivity index is 1.96. The van der Waals surface area contributed by atoms with Crippen molar-refractivity contribution in [2.75, 3.05) is 11.9 Å². The van der Waals surface area contributed by atoms with Crippen molar-refractivity contribution < 1.29 is 4.74 Å². The van der Waals surface area contributed by atoms with Crippen LogP contribution in [0.3, 0.4) is 0 Å². The zero-order valence-corrected chi connectivity index (χ0v) is 9.12. The summed E-state index contributed by atoms with van der Waals surface area (Å²) in [6.07, 6.45) is 3.72. The molecule has 0 saturated carbocycles. The SMILES string of the molecule is N#CCC1Cc2ccc3c(c2N1)CCCO3. The van der Waals surface area contributed by atoms with Crippen molar-refractivity contribution in [3.63, 3.8) is 0 Å². The average molecular weight is 214 g/mol. The van der Waals surface area contributed by atoms with Crippen molar-refractivity contribution in [2.24, 2.45) is 0 Å². The third-order valence-corrected chi connectivity index (χ3v) is 3.34. The minimum atomic E-state index is 0.286. The summed E-state index contributed by atoms with van der Waals surface area (Å²) < 4.78 is 5.64. The van der Waals surface area contributed by atoms with Gasteiger partial charge in [-0.15, -0.1) is 0 Å². The maximum atomic E-state index is 8.73. The molecule has 0 aromatic heterocycles. The smallest absolute Gasteiger partial charge is 0.124 e. The molecule has 1 unspecified atom stereocenters. The Hall–Kier alpha value is -1.69. The largest absolute Gasteiger partial charge is 0.493 e. The van der Waals surface area contributed by atoms with Crippen molar-refractivity contribution in [3.8, 4) is 11.8 Å². The van der Waals surface area contributed by atoms with Crippen LogP contribution in [-0.4, -0.2) is 12.6 Å². The molecule has 3 nitrogen and oxygen atoms in total. The predicted octanol–water partition coefficient (Wildman–Crippen LogP) is 2.26. The van der Waals surface area contributed by atoms with E-state index >= 15 is 0 Å². The minimum absolute atomic E-state index is 0.286. The highest BCUT2D eigenvalue weighted by atomic mass is 16.5. The summed E-state index contributed by atoms with van der Waals surface area (Å²) in [7, 11) is 0. The highest BCUT2D eigenvalue weighted by molar-refractivity contribution is 5.67. The number of hydrogen-bond donors (Lipinski definition) is 1. The fraction of sp³-hybridized carbons (Fsp3) is 0.462. The van der Waals surface area contributed by atoms with Gasteiger partial charge in [0.1, 0.15) is 5.75 Å². The summed E-state index contributed by atoms with van der Waals surface area (Å²) in [6, 6.07) is 6.72. The van der Waals surface area contributed by atoms with E-state index in [2.05, 4.69) is 23.5 Å². The van der Waals surface area contributed by atoms with Gasteiger partial charge in [-0.1, -0.05) is 6.07 Å². The maximum Gasteiger partial charge on any atom is 0.124 e. The molecule has 0 saturated heterocycles. The van der Waals surface area contributed by atoms with Gasteiger partial charge in [0.15, 0.2) is 0 Å². The summed E-state index contributed by atoms with van der Waals surface area (Å²) in [5, 5.41) is 12.2. The Morgan fingerprint density at radius 3 is 3.31 bits per heavy atom. The highest BCUT2D eigenvalue weighted by Gasteiger charge is 2.25. The Morgan fingerprint density at radius 2 is 2.44 bits per heavy atom. The van der Waals surface area contributed by atoms with Crippen LogP contribution in [0.1, 0.15) is 24.0 Å². The molecule has 2 aliphatic heterocycles. The second kappa shape index (κ2) is 3.71. The van der Waals surface area contributed by atoms with Crippen molar-refractivity contribution in [3.05, 3.63) is 23.3 Å². The standard InChI is InChI=1S/C13H14N2O/c14-6-5-10-8-9-3-4-12-11(13(9)15-10)2-1-7-16-12/h3-4,10,15H,1-2,5,7-8H2. The molecule has 0 radical (unpaired) electrons. The van der Waals surface area contributed by atoms with E-state index < -0.39 is 0 Å². The number of hydrogen-bond acceptors (Lipinski definition) is 3. The molecule has 1 aromatic carbocycles. The summed E-state index contributed by atoms with van der Waals surface area (Å²) in [5.74, 6) is 1.02. The van der Waals surface area contributed by atoms with E-state index in [-0.39, 0.29) is 6.04 Å². The first kappa shape index (κ1) is 9.53. The van der Waals surface area contributed by atoms with E-state index in [9.17, 15) is 0 Å². The molecule has 1 aromatic rings. The molecular formula is C13H14N2O. The summed E-state index contributed by atoms with van der Waals surface area (Å²) >= 11 is 0. The van der Waals surface area contributed by atoms with Gasteiger partial charge in [0.25, 0.3) is 0 Å². The topological polar surface area (TPSA) is 45.0 Å². The van der Waals surface area contributed by atoms with E-state index in [1.807, 2.05) is 0 Å². The maximum absolute atomic E-state index is 8.73. The Morgan fingerprint density at radius 1 is 1.50 bits per heavy atom. The average Bonchev–Trinajstić information content (AvgIpc) is 2.72. The summed E-state index contributed by atoms with van der Waals surface area (Å²) in [5.41, 5.74) is 3.88. The lowest BCUT2D eigenvalue weighted by Gasteiger charge is -2.20. The van der Waals surface area contributed by atoms with Crippen molar-refractivity contribution in [2.45, 2.75) is 31.7 Å². The summed E-state index contributed by atoms with van der Waals surface area (Å²) in [4.78, 5) is 0. The molecule has 16 heavy (non-hydrogen) atoms. The van der Waals surface area contributed by atoms with E-state index in [0.29, 0.717) is 6.42 Å². The van der Waals surface area contributed by atoms with Crippen LogP contribution < -0.4 is 10.1 Å². The van der Waals surface area contributed by atoms with E-state index in [0.717, 1.165) is 31.6 Å². The summed E-state index contributed by atoms with van der Waals surface area (Å²) in [6.45, 7) is 0.827. The van der Waals surface area contributed by atoms with Gasteiger partial charge in [-0.3, -0.25) is 0 Å². The zero-order valence-electron chi connectivity index (χ0n) is 9.12. The zero-order chi connectivity index (χ0) is 11.0. The van der Waals surface area contributed by atoms with Gasteiger partial charge >= 0.3 is 0 Å². The van der Waals surface area contributed by atoms with Crippen LogP contribution >= 0.6 is 0 Å². The van der Waals surface area contributed by atoms with Crippen molar-refractivity contribution >= 4 is 5.69 Å². The number of nitriles is 1. The van der Waals surface area contributed by atoms with E-state index in [4.69, 9.17) is 10.00 Å². The molecule has 0 fully saturated rings. The van der Waals surface area contributed by atoms with Gasteiger partial charge in [-0.05, 0) is 30.9 Å². The first-order valence-electron chi connectivity index (χ1n) is 5.79. The number of benzene rings is 1. The molecule has 3 heteroatoms. The first-order valence-corrected chi connectivity index (χ1v) is 5.79. The van der Waals surface area contributed by atoms with Crippen LogP contribution in [0.4, 0.5) is 5.69 Å².